The fourth-order valence-corrected chi connectivity index (χ4v) is 1.56. The number of nitrogens with one attached hydrogen (secondary N) is 1. The van der Waals surface area contributed by atoms with Crippen LogP contribution in [-0.2, 0) is 7.05 Å². The van der Waals surface area contributed by atoms with E-state index in [0.29, 0.717) is 5.46 Å². The van der Waals surface area contributed by atoms with Crippen molar-refractivity contribution in [3.63, 3.8) is 0 Å². The normalized spacial score (nSPS) is 10.9. The van der Waals surface area contributed by atoms with Crippen molar-refractivity contribution in [2.45, 2.75) is 6.92 Å². The first-order chi connectivity index (χ1) is 6.59. The van der Waals surface area contributed by atoms with Gasteiger partial charge in [-0.3, -0.25) is 0 Å². The molecule has 0 fully saturated rings. The van der Waals surface area contributed by atoms with Crippen molar-refractivity contribution in [2.24, 2.45) is 7.05 Å². The van der Waals surface area contributed by atoms with E-state index in [9.17, 15) is 0 Å². The first kappa shape index (κ1) is 9.24. The summed E-state index contributed by atoms with van der Waals surface area (Å²) in [4.78, 5) is 0. The number of aryl methyl sites for hydroxylation is 2. The molecule has 0 radical (unpaired) electrons. The van der Waals surface area contributed by atoms with Gasteiger partial charge in [-0.25, -0.2) is 0 Å². The van der Waals surface area contributed by atoms with Gasteiger partial charge in [-0.15, -0.1) is 4.68 Å². The third-order valence-corrected chi connectivity index (χ3v) is 2.52. The number of fused-ring (bicyclic) bond motifs is 1. The predicted molar refractivity (Wildman–Crippen MR) is 54.0 cm³/mol. The highest BCUT2D eigenvalue weighted by atomic mass is 16.4. The van der Waals surface area contributed by atoms with Crippen molar-refractivity contribution < 1.29 is 14.7 Å². The summed E-state index contributed by atoms with van der Waals surface area (Å²) in [7, 11) is 0.517. The Bertz CT molecular complexity index is 479. The summed E-state index contributed by atoms with van der Waals surface area (Å²) in [5.41, 5.74) is 2.58. The molecule has 4 nitrogen and oxygen atoms in total. The van der Waals surface area contributed by atoms with Gasteiger partial charge in [0.1, 0.15) is 5.52 Å². The highest BCUT2D eigenvalue weighted by molar-refractivity contribution is 6.58. The van der Waals surface area contributed by atoms with Crippen LogP contribution in [0, 0.1) is 6.92 Å². The Balaban J connectivity index is 2.69. The van der Waals surface area contributed by atoms with Gasteiger partial charge < -0.3 is 10.0 Å². The van der Waals surface area contributed by atoms with Gasteiger partial charge in [0, 0.05) is 6.92 Å². The lowest BCUT2D eigenvalue weighted by atomic mass is 9.80. The van der Waals surface area contributed by atoms with Gasteiger partial charge >= 0.3 is 7.12 Å². The zero-order chi connectivity index (χ0) is 10.3. The topological polar surface area (TPSA) is 60.1 Å². The number of hydrogen-bond acceptors (Lipinski definition) is 2. The van der Waals surface area contributed by atoms with Crippen molar-refractivity contribution in [1.29, 1.82) is 0 Å². The summed E-state index contributed by atoms with van der Waals surface area (Å²) in [6.45, 7) is 1.98. The predicted octanol–water partition coefficient (Wildman–Crippen LogP) is -1.02. The summed E-state index contributed by atoms with van der Waals surface area (Å²) in [6, 6.07) is 5.33. The fourth-order valence-electron chi connectivity index (χ4n) is 1.56. The van der Waals surface area contributed by atoms with Crippen LogP contribution in [0.3, 0.4) is 0 Å². The van der Waals surface area contributed by atoms with E-state index in [0.717, 1.165) is 16.6 Å². The molecule has 0 aliphatic heterocycles. The zero-order valence-corrected chi connectivity index (χ0v) is 8.15. The fraction of sp³-hybridized carbons (Fsp3) is 0.222. The summed E-state index contributed by atoms with van der Waals surface area (Å²) in [5.74, 6) is 0. The van der Waals surface area contributed by atoms with Gasteiger partial charge in [-0.2, -0.15) is 5.10 Å². The Kier molecular flexibility index (Phi) is 2.05. The zero-order valence-electron chi connectivity index (χ0n) is 8.15. The number of hydrogen-bond donors (Lipinski definition) is 3. The van der Waals surface area contributed by atoms with Crippen LogP contribution in [0.25, 0.3) is 10.9 Å². The van der Waals surface area contributed by atoms with E-state index >= 15 is 0 Å². The Labute approximate surface area is 81.9 Å². The average Bonchev–Trinajstić information content (AvgIpc) is 2.43. The molecular formula is C9H12BN2O2+. The molecule has 0 amide bonds. The summed E-state index contributed by atoms with van der Waals surface area (Å²) < 4.78 is 1.90. The maximum atomic E-state index is 9.02. The van der Waals surface area contributed by atoms with Crippen molar-refractivity contribution in [1.82, 2.24) is 5.10 Å². The minimum Gasteiger partial charge on any atom is -0.423 e. The minimum absolute atomic E-state index is 0.514. The van der Waals surface area contributed by atoms with Crippen LogP contribution in [0.2, 0.25) is 0 Å². The van der Waals surface area contributed by atoms with Crippen molar-refractivity contribution in [3.05, 3.63) is 23.9 Å². The van der Waals surface area contributed by atoms with Crippen molar-refractivity contribution >= 4 is 23.5 Å². The molecule has 0 bridgehead atoms. The van der Waals surface area contributed by atoms with Crippen LogP contribution in [0.1, 0.15) is 5.69 Å². The van der Waals surface area contributed by atoms with Crippen LogP contribution in [-0.4, -0.2) is 22.3 Å². The summed E-state index contributed by atoms with van der Waals surface area (Å²) in [5, 5.41) is 22.2. The third kappa shape index (κ3) is 1.30. The molecule has 5 heteroatoms. The maximum Gasteiger partial charge on any atom is 0.488 e. The van der Waals surface area contributed by atoms with Crippen LogP contribution in [0.5, 0.6) is 0 Å². The van der Waals surface area contributed by atoms with Crippen molar-refractivity contribution in [2.75, 3.05) is 0 Å². The number of benzene rings is 1. The lowest BCUT2D eigenvalue weighted by Crippen LogP contribution is -2.32. The quantitative estimate of drug-likeness (QED) is 0.399. The van der Waals surface area contributed by atoms with Gasteiger partial charge in [0.15, 0.2) is 7.05 Å². The number of aromatic amines is 1. The Hall–Kier alpha value is -1.33. The van der Waals surface area contributed by atoms with E-state index in [1.165, 1.54) is 0 Å². The molecule has 72 valence electrons. The smallest absolute Gasteiger partial charge is 0.423 e. The molecule has 0 aliphatic rings. The standard InChI is InChI=1S/C9H11BN2O2/c1-6-8-5-7(10(13)14)3-4-9(8)11-12(6)2/h3-5,13-14H,1-2H3/p+1. The van der Waals surface area contributed by atoms with E-state index in [1.807, 2.05) is 24.7 Å². The maximum absolute atomic E-state index is 9.02. The van der Waals surface area contributed by atoms with Crippen LogP contribution >= 0.6 is 0 Å². The molecule has 1 aromatic carbocycles. The van der Waals surface area contributed by atoms with Gasteiger partial charge in [-0.05, 0) is 17.6 Å². The Morgan fingerprint density at radius 2 is 2.07 bits per heavy atom. The molecule has 3 N–H and O–H groups in total. The van der Waals surface area contributed by atoms with Gasteiger partial charge in [-0.1, -0.05) is 6.07 Å². The van der Waals surface area contributed by atoms with E-state index in [-0.39, 0.29) is 0 Å². The molecule has 0 aliphatic carbocycles. The van der Waals surface area contributed by atoms with Gasteiger partial charge in [0.2, 0.25) is 5.69 Å². The van der Waals surface area contributed by atoms with E-state index < -0.39 is 7.12 Å². The summed E-state index contributed by atoms with van der Waals surface area (Å²) in [6.07, 6.45) is 0. The van der Waals surface area contributed by atoms with Crippen LogP contribution < -0.4 is 10.1 Å². The molecule has 14 heavy (non-hydrogen) atoms. The third-order valence-electron chi connectivity index (χ3n) is 2.52. The molecule has 0 atom stereocenters. The number of rotatable bonds is 1. The second-order valence-electron chi connectivity index (χ2n) is 3.43. The first-order valence-corrected chi connectivity index (χ1v) is 4.44. The molecular weight excluding hydrogens is 179 g/mol. The monoisotopic (exact) mass is 191 g/mol. The highest BCUT2D eigenvalue weighted by Crippen LogP contribution is 2.11. The molecule has 2 rings (SSSR count). The largest absolute Gasteiger partial charge is 0.488 e. The SMILES string of the molecule is Cc1c2cc(B(O)O)ccc2[nH][n+]1C. The molecule has 0 unspecified atom stereocenters. The molecule has 1 aromatic heterocycles. The van der Waals surface area contributed by atoms with Gasteiger partial charge in [0.25, 0.3) is 0 Å². The molecule has 0 saturated heterocycles. The van der Waals surface area contributed by atoms with Crippen LogP contribution in [0.15, 0.2) is 18.2 Å². The van der Waals surface area contributed by atoms with E-state index in [1.54, 1.807) is 12.1 Å². The number of aromatic nitrogens is 2. The Morgan fingerprint density at radius 3 is 2.71 bits per heavy atom. The van der Waals surface area contributed by atoms with E-state index in [2.05, 4.69) is 5.10 Å². The van der Waals surface area contributed by atoms with Crippen LogP contribution in [0.4, 0.5) is 0 Å². The van der Waals surface area contributed by atoms with Gasteiger partial charge in [0.05, 0.1) is 5.39 Å². The second kappa shape index (κ2) is 3.11. The number of nitrogens with zero attached hydrogens (tertiary/aromatic N) is 1. The molecule has 0 spiro atoms. The highest BCUT2D eigenvalue weighted by Gasteiger charge is 2.16. The Morgan fingerprint density at radius 1 is 1.36 bits per heavy atom. The number of H-pyrrole nitrogens is 1. The lowest BCUT2D eigenvalue weighted by molar-refractivity contribution is -0.730. The molecule has 1 heterocycles. The minimum atomic E-state index is -1.40. The second-order valence-corrected chi connectivity index (χ2v) is 3.43. The molecule has 2 aromatic rings. The lowest BCUT2D eigenvalue weighted by Gasteiger charge is -1.96. The summed E-state index contributed by atoms with van der Waals surface area (Å²) >= 11 is 0. The van der Waals surface area contributed by atoms with Crippen molar-refractivity contribution in [3.8, 4) is 0 Å². The average molecular weight is 191 g/mol. The molecule has 0 saturated carbocycles. The first-order valence-electron chi connectivity index (χ1n) is 4.44. The van der Waals surface area contributed by atoms with E-state index in [4.69, 9.17) is 10.0 Å².